The highest BCUT2D eigenvalue weighted by Crippen LogP contribution is 2.34. The molecule has 10 heteroatoms. The summed E-state index contributed by atoms with van der Waals surface area (Å²) in [5.41, 5.74) is 6.53. The fourth-order valence-corrected chi connectivity index (χ4v) is 4.09. The van der Waals surface area contributed by atoms with Crippen molar-refractivity contribution >= 4 is 38.0 Å². The second-order valence-corrected chi connectivity index (χ2v) is 10.3. The van der Waals surface area contributed by atoms with Gasteiger partial charge in [0.05, 0.1) is 38.9 Å². The molecule has 152 valence electrons. The molecule has 1 aromatic carbocycles. The van der Waals surface area contributed by atoms with Crippen LogP contribution in [0.5, 0.6) is 0 Å². The maximum atomic E-state index is 13.6. The summed E-state index contributed by atoms with van der Waals surface area (Å²) in [4.78, 5) is 15.7. The maximum absolute atomic E-state index is 13.6. The molecule has 0 unspecified atom stereocenters. The molecule has 2 aromatic heterocycles. The second-order valence-electron chi connectivity index (χ2n) is 7.56. The normalized spacial score (nSPS) is 12.2. The van der Waals surface area contributed by atoms with Crippen molar-refractivity contribution < 1.29 is 17.6 Å². The summed E-state index contributed by atoms with van der Waals surface area (Å²) in [6.45, 7) is 6.48. The van der Waals surface area contributed by atoms with E-state index in [1.54, 1.807) is 27.7 Å². The van der Waals surface area contributed by atoms with Crippen LogP contribution in [0, 0.1) is 12.7 Å². The Morgan fingerprint density at radius 1 is 1.14 bits per heavy atom. The van der Waals surface area contributed by atoms with Crippen LogP contribution in [0.3, 0.4) is 0 Å². The number of carbonyl (C=O) groups is 1. The van der Waals surface area contributed by atoms with E-state index in [2.05, 4.69) is 20.5 Å². The Kier molecular flexibility index (Phi) is 4.99. The first-order valence-corrected chi connectivity index (χ1v) is 10.1. The fourth-order valence-electron chi connectivity index (χ4n) is 2.78. The maximum Gasteiger partial charge on any atom is 0.271 e. The van der Waals surface area contributed by atoms with Crippen molar-refractivity contribution in [3.8, 4) is 0 Å². The first kappa shape index (κ1) is 20.6. The lowest BCUT2D eigenvalue weighted by atomic mass is 10.1. The van der Waals surface area contributed by atoms with E-state index >= 15 is 0 Å². The molecule has 0 atom stereocenters. The summed E-state index contributed by atoms with van der Waals surface area (Å²) in [5.74, 6) is -1.46. The zero-order chi connectivity index (χ0) is 21.6. The van der Waals surface area contributed by atoms with Gasteiger partial charge < -0.3 is 11.1 Å². The van der Waals surface area contributed by atoms with Crippen LogP contribution in [0.1, 0.15) is 36.8 Å². The highest BCUT2D eigenvalue weighted by atomic mass is 32.2. The number of primary amides is 1. The van der Waals surface area contributed by atoms with Crippen molar-refractivity contribution in [2.24, 2.45) is 5.73 Å². The molecule has 29 heavy (non-hydrogen) atoms. The van der Waals surface area contributed by atoms with Gasteiger partial charge in [0.2, 0.25) is 0 Å². The van der Waals surface area contributed by atoms with Gasteiger partial charge in [-0.2, -0.15) is 0 Å². The Morgan fingerprint density at radius 2 is 1.83 bits per heavy atom. The third kappa shape index (κ3) is 3.75. The number of nitrogens with two attached hydrogens (primary N) is 1. The van der Waals surface area contributed by atoms with Crippen molar-refractivity contribution in [3.05, 3.63) is 47.7 Å². The Bertz CT molecular complexity index is 1240. The molecule has 0 aliphatic rings. The molecular weight excluding hydrogens is 397 g/mol. The van der Waals surface area contributed by atoms with Crippen LogP contribution in [0.25, 0.3) is 10.9 Å². The summed E-state index contributed by atoms with van der Waals surface area (Å²) in [7, 11) is -3.68. The molecule has 0 radical (unpaired) electrons. The molecule has 0 saturated heterocycles. The van der Waals surface area contributed by atoms with Gasteiger partial charge in [-0.05, 0) is 45.4 Å². The number of aryl methyl sites for hydroxylation is 1. The van der Waals surface area contributed by atoms with Gasteiger partial charge in [0.15, 0.2) is 15.5 Å². The highest BCUT2D eigenvalue weighted by Gasteiger charge is 2.32. The zero-order valence-electron chi connectivity index (χ0n) is 16.3. The molecule has 2 heterocycles. The van der Waals surface area contributed by atoms with Crippen LogP contribution in [-0.4, -0.2) is 34.3 Å². The summed E-state index contributed by atoms with van der Waals surface area (Å²) in [6.07, 6.45) is 2.38. The van der Waals surface area contributed by atoms with Crippen LogP contribution in [0.2, 0.25) is 0 Å². The van der Waals surface area contributed by atoms with Gasteiger partial charge in [0.1, 0.15) is 5.82 Å². The molecule has 1 amide bonds. The van der Waals surface area contributed by atoms with Crippen molar-refractivity contribution in [3.63, 3.8) is 0 Å². The number of sulfone groups is 1. The topological polar surface area (TPSA) is 128 Å². The van der Waals surface area contributed by atoms with Crippen molar-refractivity contribution in [2.45, 2.75) is 37.3 Å². The molecular formula is C19H20FN5O3S. The number of nitrogens with zero attached hydrogens (tertiary/aromatic N) is 3. The van der Waals surface area contributed by atoms with E-state index in [0.717, 1.165) is 6.20 Å². The molecule has 0 spiro atoms. The molecule has 0 aliphatic heterocycles. The van der Waals surface area contributed by atoms with E-state index in [1.165, 1.54) is 24.4 Å². The first-order valence-electron chi connectivity index (χ1n) is 8.65. The smallest absolute Gasteiger partial charge is 0.271 e. The first-order chi connectivity index (χ1) is 13.4. The van der Waals surface area contributed by atoms with Gasteiger partial charge in [0.25, 0.3) is 5.91 Å². The van der Waals surface area contributed by atoms with E-state index in [4.69, 9.17) is 5.73 Å². The van der Waals surface area contributed by atoms with Crippen LogP contribution in [0.4, 0.5) is 15.8 Å². The molecule has 8 nitrogen and oxygen atoms in total. The number of carbonyl (C=O) groups excluding carboxylic acids is 1. The highest BCUT2D eigenvalue weighted by molar-refractivity contribution is 7.92. The molecule has 3 rings (SSSR count). The predicted octanol–water partition coefficient (Wildman–Crippen LogP) is 2.89. The van der Waals surface area contributed by atoms with Gasteiger partial charge in [0, 0.05) is 11.5 Å². The number of rotatable bonds is 4. The Labute approximate surface area is 167 Å². The van der Waals surface area contributed by atoms with Crippen LogP contribution in [-0.2, 0) is 9.84 Å². The van der Waals surface area contributed by atoms with Crippen LogP contribution in [0.15, 0.2) is 35.5 Å². The molecule has 0 saturated carbocycles. The van der Waals surface area contributed by atoms with Crippen LogP contribution < -0.4 is 11.1 Å². The standard InChI is InChI=1S/C19H20FN5O3S/c1-10-5-13(29(27,28)19(2,3)4)7-14-15(10)24-25-17(18(21)26)16(14)23-12-6-11(20)8-22-9-12/h5-9H,1-4H3,(H2,21,26)(H,23,24). The minimum Gasteiger partial charge on any atom is -0.364 e. The molecule has 0 bridgehead atoms. The van der Waals surface area contributed by atoms with Gasteiger partial charge in [-0.25, -0.2) is 12.8 Å². The summed E-state index contributed by atoms with van der Waals surface area (Å²) in [6, 6.07) is 4.10. The van der Waals surface area contributed by atoms with Gasteiger partial charge in [-0.3, -0.25) is 9.78 Å². The number of pyridine rings is 1. The average molecular weight is 417 g/mol. The lowest BCUT2D eigenvalue weighted by Gasteiger charge is -2.21. The van der Waals surface area contributed by atoms with Crippen molar-refractivity contribution in [2.75, 3.05) is 5.32 Å². The largest absolute Gasteiger partial charge is 0.364 e. The number of hydrogen-bond donors (Lipinski definition) is 2. The number of anilines is 2. The van der Waals surface area contributed by atoms with Crippen molar-refractivity contribution in [1.29, 1.82) is 0 Å². The van der Waals surface area contributed by atoms with E-state index in [1.807, 2.05) is 0 Å². The number of halogens is 1. The quantitative estimate of drug-likeness (QED) is 0.668. The number of nitrogens with one attached hydrogen (secondary N) is 1. The Morgan fingerprint density at radius 3 is 2.41 bits per heavy atom. The minimum absolute atomic E-state index is 0.0684. The number of benzene rings is 1. The van der Waals surface area contributed by atoms with Gasteiger partial charge >= 0.3 is 0 Å². The summed E-state index contributed by atoms with van der Waals surface area (Å²) in [5, 5.41) is 11.1. The van der Waals surface area contributed by atoms with E-state index in [-0.39, 0.29) is 22.0 Å². The fraction of sp³-hybridized carbons (Fsp3) is 0.263. The number of fused-ring (bicyclic) bond motifs is 1. The van der Waals surface area contributed by atoms with Crippen molar-refractivity contribution in [1.82, 2.24) is 15.2 Å². The Balaban J connectivity index is 2.34. The third-order valence-electron chi connectivity index (χ3n) is 4.35. The second kappa shape index (κ2) is 7.03. The molecule has 0 fully saturated rings. The van der Waals surface area contributed by atoms with E-state index in [9.17, 15) is 17.6 Å². The molecule has 3 N–H and O–H groups in total. The summed E-state index contributed by atoms with van der Waals surface area (Å²) >= 11 is 0. The average Bonchev–Trinajstić information content (AvgIpc) is 2.61. The monoisotopic (exact) mass is 417 g/mol. The zero-order valence-corrected chi connectivity index (χ0v) is 17.1. The third-order valence-corrected chi connectivity index (χ3v) is 6.82. The van der Waals surface area contributed by atoms with Gasteiger partial charge in [-0.15, -0.1) is 10.2 Å². The summed E-state index contributed by atoms with van der Waals surface area (Å²) < 4.78 is 38.5. The lowest BCUT2D eigenvalue weighted by molar-refractivity contribution is 0.0995. The SMILES string of the molecule is Cc1cc(S(=O)(=O)C(C)(C)C)cc2c(Nc3cncc(F)c3)c(C(N)=O)nnc12. The Hall–Kier alpha value is -3.14. The van der Waals surface area contributed by atoms with E-state index in [0.29, 0.717) is 16.5 Å². The molecule has 0 aliphatic carbocycles. The number of hydrogen-bond acceptors (Lipinski definition) is 7. The lowest BCUT2D eigenvalue weighted by Crippen LogP contribution is -2.28. The predicted molar refractivity (Wildman–Crippen MR) is 107 cm³/mol. The van der Waals surface area contributed by atoms with Gasteiger partial charge in [-0.1, -0.05) is 0 Å². The number of amides is 1. The number of aromatic nitrogens is 3. The van der Waals surface area contributed by atoms with E-state index < -0.39 is 26.3 Å². The minimum atomic E-state index is -3.68. The molecule has 3 aromatic rings. The van der Waals surface area contributed by atoms with Crippen LogP contribution >= 0.6 is 0 Å².